The fraction of sp³-hybridized carbons (Fsp3) is 0.867. The molecule has 3 heterocycles. The summed E-state index contributed by atoms with van der Waals surface area (Å²) in [6.45, 7) is 6.41. The van der Waals surface area contributed by atoms with Crippen LogP contribution in [0.4, 0.5) is 4.79 Å². The third-order valence-electron chi connectivity index (χ3n) is 4.88. The monoisotopic (exact) mass is 280 g/mol. The Kier molecular flexibility index (Phi) is 2.99. The minimum atomic E-state index is -0.485. The highest BCUT2D eigenvalue weighted by Gasteiger charge is 2.62. The molecule has 0 radical (unpaired) electrons. The van der Waals surface area contributed by atoms with Gasteiger partial charge in [-0.25, -0.2) is 4.79 Å². The predicted molar refractivity (Wildman–Crippen MR) is 74.2 cm³/mol. The van der Waals surface area contributed by atoms with E-state index in [2.05, 4.69) is 5.32 Å². The van der Waals surface area contributed by atoms with Crippen molar-refractivity contribution in [1.82, 2.24) is 10.2 Å². The van der Waals surface area contributed by atoms with Gasteiger partial charge in [-0.3, -0.25) is 4.79 Å². The van der Waals surface area contributed by atoms with E-state index in [-0.39, 0.29) is 29.5 Å². The number of rotatable bonds is 0. The van der Waals surface area contributed by atoms with Crippen molar-refractivity contribution in [2.24, 2.45) is 5.41 Å². The first-order chi connectivity index (χ1) is 9.33. The predicted octanol–water partition coefficient (Wildman–Crippen LogP) is 2.05. The van der Waals surface area contributed by atoms with Crippen molar-refractivity contribution in [2.75, 3.05) is 6.54 Å². The number of nitrogens with zero attached hydrogens (tertiary/aromatic N) is 1. The lowest BCUT2D eigenvalue weighted by Crippen LogP contribution is -2.53. The standard InChI is InChI=1S/C15H24N2O3/c1-14(2,3)20-13(19)17-10-5-6-11(17)15(9-10)7-4-8-16-12(15)18/h10-11H,4-9H2,1-3H3,(H,16,18). The Balaban J connectivity index is 1.82. The average Bonchev–Trinajstić information content (AvgIpc) is 2.87. The van der Waals surface area contributed by atoms with Gasteiger partial charge in [0, 0.05) is 18.6 Å². The summed E-state index contributed by atoms with van der Waals surface area (Å²) in [7, 11) is 0. The Bertz CT molecular complexity index is 443. The number of piperidine rings is 1. The van der Waals surface area contributed by atoms with Crippen LogP contribution >= 0.6 is 0 Å². The van der Waals surface area contributed by atoms with Gasteiger partial charge in [-0.1, -0.05) is 0 Å². The largest absolute Gasteiger partial charge is 0.444 e. The van der Waals surface area contributed by atoms with Gasteiger partial charge in [0.1, 0.15) is 5.60 Å². The maximum absolute atomic E-state index is 12.4. The number of hydrogen-bond acceptors (Lipinski definition) is 3. The van der Waals surface area contributed by atoms with Crippen LogP contribution in [0, 0.1) is 5.41 Å². The van der Waals surface area contributed by atoms with E-state index in [0.29, 0.717) is 0 Å². The van der Waals surface area contributed by atoms with E-state index in [0.717, 1.165) is 38.6 Å². The van der Waals surface area contributed by atoms with Gasteiger partial charge < -0.3 is 15.0 Å². The molecule has 0 aromatic heterocycles. The highest BCUT2D eigenvalue weighted by Crippen LogP contribution is 2.53. The topological polar surface area (TPSA) is 58.6 Å². The number of carbonyl (C=O) groups excluding carboxylic acids is 2. The molecule has 2 amide bonds. The Morgan fingerprint density at radius 3 is 2.80 bits per heavy atom. The number of amides is 2. The lowest BCUT2D eigenvalue weighted by Gasteiger charge is -2.39. The minimum Gasteiger partial charge on any atom is -0.444 e. The van der Waals surface area contributed by atoms with Gasteiger partial charge in [-0.2, -0.15) is 0 Å². The summed E-state index contributed by atoms with van der Waals surface area (Å²) >= 11 is 0. The van der Waals surface area contributed by atoms with Crippen LogP contribution in [-0.2, 0) is 9.53 Å². The van der Waals surface area contributed by atoms with Crippen LogP contribution in [0.15, 0.2) is 0 Å². The molecule has 3 rings (SSSR count). The van der Waals surface area contributed by atoms with Crippen LogP contribution in [0.25, 0.3) is 0 Å². The lowest BCUT2D eigenvalue weighted by molar-refractivity contribution is -0.135. The molecule has 0 aromatic carbocycles. The van der Waals surface area contributed by atoms with E-state index in [1.807, 2.05) is 25.7 Å². The van der Waals surface area contributed by atoms with Crippen LogP contribution in [0.2, 0.25) is 0 Å². The van der Waals surface area contributed by atoms with Crippen molar-refractivity contribution in [3.05, 3.63) is 0 Å². The lowest BCUT2D eigenvalue weighted by atomic mass is 9.69. The zero-order valence-corrected chi connectivity index (χ0v) is 12.6. The van der Waals surface area contributed by atoms with Crippen molar-refractivity contribution < 1.29 is 14.3 Å². The molecule has 3 fully saturated rings. The molecule has 20 heavy (non-hydrogen) atoms. The maximum atomic E-state index is 12.4. The third-order valence-corrected chi connectivity index (χ3v) is 4.88. The first-order valence-electron chi connectivity index (χ1n) is 7.63. The summed E-state index contributed by atoms with van der Waals surface area (Å²) < 4.78 is 5.53. The van der Waals surface area contributed by atoms with E-state index >= 15 is 0 Å². The van der Waals surface area contributed by atoms with Gasteiger partial charge in [0.15, 0.2) is 0 Å². The molecular weight excluding hydrogens is 256 g/mol. The van der Waals surface area contributed by atoms with Crippen LogP contribution in [0.5, 0.6) is 0 Å². The zero-order valence-electron chi connectivity index (χ0n) is 12.6. The Hall–Kier alpha value is -1.26. The molecule has 0 saturated carbocycles. The molecule has 1 N–H and O–H groups in total. The molecule has 3 atom stereocenters. The summed E-state index contributed by atoms with van der Waals surface area (Å²) in [5, 5.41) is 2.99. The number of fused-ring (bicyclic) bond motifs is 3. The molecule has 5 nitrogen and oxygen atoms in total. The van der Waals surface area contributed by atoms with Gasteiger partial charge >= 0.3 is 6.09 Å². The fourth-order valence-corrected chi connectivity index (χ4v) is 4.18. The average molecular weight is 280 g/mol. The zero-order chi connectivity index (χ0) is 14.5. The number of carbonyl (C=O) groups is 2. The number of hydrogen-bond donors (Lipinski definition) is 1. The van der Waals surface area contributed by atoms with E-state index in [4.69, 9.17) is 4.74 Å². The number of nitrogens with one attached hydrogen (secondary N) is 1. The molecule has 3 saturated heterocycles. The summed E-state index contributed by atoms with van der Waals surface area (Å²) in [6.07, 6.45) is 4.40. The van der Waals surface area contributed by atoms with E-state index in [1.54, 1.807) is 0 Å². The summed E-state index contributed by atoms with van der Waals surface area (Å²) in [4.78, 5) is 26.7. The highest BCUT2D eigenvalue weighted by molar-refractivity contribution is 5.86. The third kappa shape index (κ3) is 1.98. The maximum Gasteiger partial charge on any atom is 0.410 e. The normalized spacial score (nSPS) is 36.4. The first-order valence-corrected chi connectivity index (χ1v) is 7.63. The van der Waals surface area contributed by atoms with Gasteiger partial charge in [0.25, 0.3) is 0 Å². The Labute approximate surface area is 120 Å². The van der Waals surface area contributed by atoms with Crippen LogP contribution in [-0.4, -0.2) is 41.1 Å². The van der Waals surface area contributed by atoms with Gasteiger partial charge in [-0.05, 0) is 52.9 Å². The van der Waals surface area contributed by atoms with Crippen molar-refractivity contribution in [2.45, 2.75) is 70.6 Å². The van der Waals surface area contributed by atoms with Crippen molar-refractivity contribution in [3.8, 4) is 0 Å². The van der Waals surface area contributed by atoms with Crippen molar-refractivity contribution >= 4 is 12.0 Å². The molecule has 0 aromatic rings. The molecule has 3 aliphatic heterocycles. The van der Waals surface area contributed by atoms with Crippen LogP contribution < -0.4 is 5.32 Å². The smallest absolute Gasteiger partial charge is 0.410 e. The molecule has 5 heteroatoms. The molecule has 1 spiro atoms. The Morgan fingerprint density at radius 1 is 1.40 bits per heavy atom. The number of ether oxygens (including phenoxy) is 1. The second-order valence-electron chi connectivity index (χ2n) is 7.35. The van der Waals surface area contributed by atoms with Crippen molar-refractivity contribution in [1.29, 1.82) is 0 Å². The second kappa shape index (κ2) is 4.37. The van der Waals surface area contributed by atoms with E-state index in [1.165, 1.54) is 0 Å². The van der Waals surface area contributed by atoms with Gasteiger partial charge in [0.2, 0.25) is 5.91 Å². The van der Waals surface area contributed by atoms with Crippen LogP contribution in [0.1, 0.15) is 52.9 Å². The summed E-state index contributed by atoms with van der Waals surface area (Å²) in [5.74, 6) is 0.143. The van der Waals surface area contributed by atoms with E-state index in [9.17, 15) is 9.59 Å². The van der Waals surface area contributed by atoms with Crippen molar-refractivity contribution in [3.63, 3.8) is 0 Å². The molecule has 112 valence electrons. The molecule has 3 unspecified atom stereocenters. The summed E-state index contributed by atoms with van der Waals surface area (Å²) in [5.41, 5.74) is -0.834. The molecule has 0 aliphatic carbocycles. The quantitative estimate of drug-likeness (QED) is 0.739. The van der Waals surface area contributed by atoms with Gasteiger partial charge in [-0.15, -0.1) is 0 Å². The fourth-order valence-electron chi connectivity index (χ4n) is 4.18. The van der Waals surface area contributed by atoms with E-state index < -0.39 is 5.60 Å². The second-order valence-corrected chi connectivity index (χ2v) is 7.35. The minimum absolute atomic E-state index is 0.0302. The highest BCUT2D eigenvalue weighted by atomic mass is 16.6. The molecular formula is C15H24N2O3. The SMILES string of the molecule is CC(C)(C)OC(=O)N1C2CCC1C1(CCCNC1=O)C2. The molecule has 3 aliphatic rings. The van der Waals surface area contributed by atoms with Crippen LogP contribution in [0.3, 0.4) is 0 Å². The first kappa shape index (κ1) is 13.7. The summed E-state index contributed by atoms with van der Waals surface area (Å²) in [6, 6.07) is 0.210. The van der Waals surface area contributed by atoms with Gasteiger partial charge in [0.05, 0.1) is 5.41 Å². The molecule has 2 bridgehead atoms. The Morgan fingerprint density at radius 2 is 2.15 bits per heavy atom.